The Balaban J connectivity index is 0.00000176. The minimum absolute atomic E-state index is 0. The molecule has 1 aliphatic heterocycles. The SMILES string of the molecule is Cl.Fc1cccc([C@@H](C2CCCCC2)N2CCNCC2)c1Cl. The van der Waals surface area contributed by atoms with E-state index in [0.29, 0.717) is 10.9 Å². The molecule has 2 aliphatic rings. The van der Waals surface area contributed by atoms with Crippen LogP contribution in [-0.4, -0.2) is 31.1 Å². The van der Waals surface area contributed by atoms with Gasteiger partial charge in [0.15, 0.2) is 0 Å². The maximum Gasteiger partial charge on any atom is 0.142 e. The molecule has 22 heavy (non-hydrogen) atoms. The van der Waals surface area contributed by atoms with Gasteiger partial charge in [0.1, 0.15) is 5.82 Å². The van der Waals surface area contributed by atoms with Gasteiger partial charge in [0.2, 0.25) is 0 Å². The topological polar surface area (TPSA) is 15.3 Å². The van der Waals surface area contributed by atoms with Crippen molar-refractivity contribution in [3.05, 3.63) is 34.6 Å². The van der Waals surface area contributed by atoms with Gasteiger partial charge in [-0.1, -0.05) is 43.0 Å². The summed E-state index contributed by atoms with van der Waals surface area (Å²) in [5.74, 6) is 0.321. The summed E-state index contributed by atoms with van der Waals surface area (Å²) in [7, 11) is 0. The molecule has 0 radical (unpaired) electrons. The number of halogens is 3. The zero-order valence-corrected chi connectivity index (χ0v) is 14.4. The van der Waals surface area contributed by atoms with Crippen LogP contribution >= 0.6 is 24.0 Å². The predicted octanol–water partition coefficient (Wildman–Crippen LogP) is 4.43. The van der Waals surface area contributed by atoms with Crippen LogP contribution in [0.1, 0.15) is 43.7 Å². The van der Waals surface area contributed by atoms with E-state index in [4.69, 9.17) is 11.6 Å². The highest BCUT2D eigenvalue weighted by atomic mass is 35.5. The second-order valence-corrected chi connectivity index (χ2v) is 6.65. The van der Waals surface area contributed by atoms with Gasteiger partial charge in [0.25, 0.3) is 0 Å². The summed E-state index contributed by atoms with van der Waals surface area (Å²) < 4.78 is 13.9. The minimum Gasteiger partial charge on any atom is -0.314 e. The van der Waals surface area contributed by atoms with Crippen molar-refractivity contribution in [2.75, 3.05) is 26.2 Å². The van der Waals surface area contributed by atoms with E-state index in [1.54, 1.807) is 6.07 Å². The summed E-state index contributed by atoms with van der Waals surface area (Å²) in [6.45, 7) is 4.06. The quantitative estimate of drug-likeness (QED) is 0.870. The number of benzene rings is 1. The van der Waals surface area contributed by atoms with Crippen molar-refractivity contribution in [2.45, 2.75) is 38.1 Å². The van der Waals surface area contributed by atoms with E-state index in [1.165, 1.54) is 38.2 Å². The Hall–Kier alpha value is -0.350. The molecule has 1 aliphatic carbocycles. The van der Waals surface area contributed by atoms with E-state index in [1.807, 2.05) is 6.07 Å². The van der Waals surface area contributed by atoms with Crippen LogP contribution < -0.4 is 5.32 Å². The lowest BCUT2D eigenvalue weighted by Crippen LogP contribution is -2.47. The maximum absolute atomic E-state index is 13.9. The van der Waals surface area contributed by atoms with Crippen molar-refractivity contribution < 1.29 is 4.39 Å². The normalized spacial score (nSPS) is 22.1. The van der Waals surface area contributed by atoms with Gasteiger partial charge in [-0.15, -0.1) is 12.4 Å². The zero-order valence-electron chi connectivity index (χ0n) is 12.9. The third-order valence-electron chi connectivity index (χ3n) is 4.94. The molecule has 1 N–H and O–H groups in total. The number of nitrogens with zero attached hydrogens (tertiary/aromatic N) is 1. The van der Waals surface area contributed by atoms with Gasteiger partial charge in [-0.25, -0.2) is 4.39 Å². The van der Waals surface area contributed by atoms with Crippen LogP contribution in [0.3, 0.4) is 0 Å². The van der Waals surface area contributed by atoms with E-state index in [-0.39, 0.29) is 24.3 Å². The first-order chi connectivity index (χ1) is 10.3. The molecule has 3 rings (SSSR count). The average Bonchev–Trinajstić information content (AvgIpc) is 2.54. The van der Waals surface area contributed by atoms with Gasteiger partial charge in [0.05, 0.1) is 5.02 Å². The van der Waals surface area contributed by atoms with Gasteiger partial charge in [-0.3, -0.25) is 4.90 Å². The monoisotopic (exact) mass is 346 g/mol. The van der Waals surface area contributed by atoms with Gasteiger partial charge in [-0.05, 0) is 30.4 Å². The molecule has 1 aromatic rings. The fourth-order valence-corrected chi connectivity index (χ4v) is 4.15. The molecule has 2 nitrogen and oxygen atoms in total. The molecule has 1 saturated heterocycles. The zero-order chi connectivity index (χ0) is 14.7. The molecule has 1 heterocycles. The van der Waals surface area contributed by atoms with Crippen LogP contribution in [0, 0.1) is 11.7 Å². The summed E-state index contributed by atoms with van der Waals surface area (Å²) in [5.41, 5.74) is 0.991. The molecule has 0 spiro atoms. The predicted molar refractivity (Wildman–Crippen MR) is 92.4 cm³/mol. The molecule has 0 bridgehead atoms. The third kappa shape index (κ3) is 3.94. The molecule has 0 unspecified atom stereocenters. The average molecular weight is 347 g/mol. The molecule has 124 valence electrons. The fraction of sp³-hybridized carbons (Fsp3) is 0.647. The standard InChI is InChI=1S/C17H24ClFN2.ClH/c18-16-14(7-4-8-15(16)19)17(13-5-2-1-3-6-13)21-11-9-20-10-12-21;/h4,7-8,13,17,20H,1-3,5-6,9-12H2;1H/t17-;/m1./s1. The fourth-order valence-electron chi connectivity index (χ4n) is 3.91. The summed E-state index contributed by atoms with van der Waals surface area (Å²) in [6, 6.07) is 5.55. The number of nitrogens with one attached hydrogen (secondary N) is 1. The first-order valence-corrected chi connectivity index (χ1v) is 8.54. The summed E-state index contributed by atoms with van der Waals surface area (Å²) in [6.07, 6.45) is 6.39. The molecule has 0 aromatic heterocycles. The molecule has 1 aromatic carbocycles. The summed E-state index contributed by atoms with van der Waals surface area (Å²) in [5, 5.41) is 3.73. The second-order valence-electron chi connectivity index (χ2n) is 6.27. The minimum atomic E-state index is -0.287. The van der Waals surface area contributed by atoms with E-state index in [9.17, 15) is 4.39 Å². The highest BCUT2D eigenvalue weighted by Crippen LogP contribution is 2.41. The van der Waals surface area contributed by atoms with Crippen LogP contribution in [0.4, 0.5) is 4.39 Å². The van der Waals surface area contributed by atoms with Crippen LogP contribution in [0.15, 0.2) is 18.2 Å². The van der Waals surface area contributed by atoms with Crippen molar-refractivity contribution in [1.82, 2.24) is 10.2 Å². The molecule has 5 heteroatoms. The first-order valence-electron chi connectivity index (χ1n) is 8.16. The Morgan fingerprint density at radius 1 is 1.14 bits per heavy atom. The highest BCUT2D eigenvalue weighted by Gasteiger charge is 2.32. The van der Waals surface area contributed by atoms with Gasteiger partial charge >= 0.3 is 0 Å². The van der Waals surface area contributed by atoms with E-state index in [2.05, 4.69) is 10.2 Å². The lowest BCUT2D eigenvalue weighted by molar-refractivity contribution is 0.103. The van der Waals surface area contributed by atoms with E-state index in [0.717, 1.165) is 31.7 Å². The van der Waals surface area contributed by atoms with Crippen molar-refractivity contribution in [2.24, 2.45) is 5.92 Å². The molecule has 0 amide bonds. The van der Waals surface area contributed by atoms with Crippen molar-refractivity contribution in [3.63, 3.8) is 0 Å². The largest absolute Gasteiger partial charge is 0.314 e. The lowest BCUT2D eigenvalue weighted by atomic mass is 9.80. The smallest absolute Gasteiger partial charge is 0.142 e. The summed E-state index contributed by atoms with van der Waals surface area (Å²) in [4.78, 5) is 2.51. The summed E-state index contributed by atoms with van der Waals surface area (Å²) >= 11 is 6.31. The van der Waals surface area contributed by atoms with Crippen LogP contribution in [0.5, 0.6) is 0 Å². The maximum atomic E-state index is 13.9. The van der Waals surface area contributed by atoms with Crippen molar-refractivity contribution in [3.8, 4) is 0 Å². The highest BCUT2D eigenvalue weighted by molar-refractivity contribution is 6.31. The lowest BCUT2D eigenvalue weighted by Gasteiger charge is -2.41. The number of hydrogen-bond donors (Lipinski definition) is 1. The van der Waals surface area contributed by atoms with E-state index < -0.39 is 0 Å². The van der Waals surface area contributed by atoms with Gasteiger partial charge in [-0.2, -0.15) is 0 Å². The molecule has 2 fully saturated rings. The van der Waals surface area contributed by atoms with Gasteiger partial charge < -0.3 is 5.32 Å². The van der Waals surface area contributed by atoms with Crippen molar-refractivity contribution in [1.29, 1.82) is 0 Å². The number of rotatable bonds is 3. The van der Waals surface area contributed by atoms with Gasteiger partial charge in [0, 0.05) is 32.2 Å². The Kier molecular flexibility index (Phi) is 6.94. The molecular formula is C17H25Cl2FN2. The Morgan fingerprint density at radius 2 is 1.82 bits per heavy atom. The molecular weight excluding hydrogens is 322 g/mol. The molecule has 1 atom stereocenters. The van der Waals surface area contributed by atoms with Crippen molar-refractivity contribution >= 4 is 24.0 Å². The number of hydrogen-bond acceptors (Lipinski definition) is 2. The van der Waals surface area contributed by atoms with Crippen LogP contribution in [-0.2, 0) is 0 Å². The van der Waals surface area contributed by atoms with Crippen LogP contribution in [0.25, 0.3) is 0 Å². The molecule has 1 saturated carbocycles. The number of piperazine rings is 1. The third-order valence-corrected chi connectivity index (χ3v) is 5.34. The Morgan fingerprint density at radius 3 is 2.50 bits per heavy atom. The van der Waals surface area contributed by atoms with Crippen LogP contribution in [0.2, 0.25) is 5.02 Å². The Bertz CT molecular complexity index is 454. The first kappa shape index (κ1) is 18.0. The second kappa shape index (κ2) is 8.49. The van der Waals surface area contributed by atoms with E-state index >= 15 is 0 Å². The Labute approximate surface area is 143 Å².